The molecule has 1 aromatic heterocycles. The van der Waals surface area contributed by atoms with E-state index < -0.39 is 10.0 Å². The van der Waals surface area contributed by atoms with Crippen LogP contribution in [-0.2, 0) is 22.4 Å². The van der Waals surface area contributed by atoms with Crippen LogP contribution in [0.4, 0.5) is 5.69 Å². The maximum Gasteiger partial charge on any atom is 0.255 e. The van der Waals surface area contributed by atoms with Crippen LogP contribution in [0, 0.1) is 0 Å². The molecule has 0 saturated carbocycles. The summed E-state index contributed by atoms with van der Waals surface area (Å²) in [5.74, 6) is 0.137. The summed E-state index contributed by atoms with van der Waals surface area (Å²) in [5.41, 5.74) is 4.19. The summed E-state index contributed by atoms with van der Waals surface area (Å²) in [7, 11) is -3.43. The fourth-order valence-electron chi connectivity index (χ4n) is 2.54. The zero-order chi connectivity index (χ0) is 21.4. The first kappa shape index (κ1) is 21.7. The third-order valence-electron chi connectivity index (χ3n) is 3.98. The summed E-state index contributed by atoms with van der Waals surface area (Å²) in [6.07, 6.45) is 1.48. The van der Waals surface area contributed by atoms with Gasteiger partial charge in [-0.1, -0.05) is 24.3 Å². The fourth-order valence-corrected chi connectivity index (χ4v) is 4.19. The van der Waals surface area contributed by atoms with Crippen LogP contribution in [-0.4, -0.2) is 25.9 Å². The van der Waals surface area contributed by atoms with Gasteiger partial charge in [-0.3, -0.25) is 4.79 Å². The molecule has 2 aromatic carbocycles. The summed E-state index contributed by atoms with van der Waals surface area (Å²) in [6.45, 7) is 4.00. The van der Waals surface area contributed by atoms with Crippen LogP contribution in [0.25, 0.3) is 0 Å². The molecule has 7 nitrogen and oxygen atoms in total. The Balaban J connectivity index is 1.59. The molecule has 0 unspecified atom stereocenters. The van der Waals surface area contributed by atoms with Crippen LogP contribution in [0.5, 0.6) is 5.75 Å². The molecule has 2 N–H and O–H groups in total. The van der Waals surface area contributed by atoms with Crippen LogP contribution in [0.15, 0.2) is 72.1 Å². The van der Waals surface area contributed by atoms with Crippen LogP contribution in [0.2, 0.25) is 0 Å². The van der Waals surface area contributed by atoms with Crippen molar-refractivity contribution < 1.29 is 17.9 Å². The van der Waals surface area contributed by atoms with Crippen molar-refractivity contribution in [2.75, 3.05) is 11.9 Å². The van der Waals surface area contributed by atoms with E-state index in [0.717, 1.165) is 5.69 Å². The first-order chi connectivity index (χ1) is 14.4. The van der Waals surface area contributed by atoms with E-state index in [4.69, 9.17) is 4.74 Å². The van der Waals surface area contributed by atoms with E-state index in [0.29, 0.717) is 29.2 Å². The van der Waals surface area contributed by atoms with Crippen molar-refractivity contribution in [3.8, 4) is 5.75 Å². The lowest BCUT2D eigenvalue weighted by Crippen LogP contribution is -2.25. The van der Waals surface area contributed by atoms with Gasteiger partial charge in [0.05, 0.1) is 17.0 Å². The summed E-state index contributed by atoms with van der Waals surface area (Å²) < 4.78 is 31.9. The first-order valence-electron chi connectivity index (χ1n) is 9.03. The van der Waals surface area contributed by atoms with E-state index in [1.165, 1.54) is 17.4 Å². The molecule has 0 bridgehead atoms. The van der Waals surface area contributed by atoms with E-state index in [-0.39, 0.29) is 18.2 Å². The lowest BCUT2D eigenvalue weighted by atomic mass is 10.2. The average molecular weight is 444 g/mol. The second kappa shape index (κ2) is 10.1. The molecule has 156 valence electrons. The van der Waals surface area contributed by atoms with Gasteiger partial charge in [-0.15, -0.1) is 17.9 Å². The number of amides is 1. The highest BCUT2D eigenvalue weighted by atomic mass is 32.2. The van der Waals surface area contributed by atoms with Gasteiger partial charge < -0.3 is 10.1 Å². The quantitative estimate of drug-likeness (QED) is 0.467. The number of hydrogen-bond donors (Lipinski definition) is 2. The number of carbonyl (C=O) groups excluding carboxylic acids is 1. The molecule has 0 radical (unpaired) electrons. The normalized spacial score (nSPS) is 11.1. The molecular weight excluding hydrogens is 422 g/mol. The maximum atomic E-state index is 12.5. The van der Waals surface area contributed by atoms with Crippen molar-refractivity contribution in [1.29, 1.82) is 0 Å². The highest BCUT2D eigenvalue weighted by molar-refractivity contribution is 7.88. The van der Waals surface area contributed by atoms with Gasteiger partial charge in [0.25, 0.3) is 5.91 Å². The minimum Gasteiger partial charge on any atom is -0.487 e. The minimum absolute atomic E-state index is 0.145. The first-order valence-corrected chi connectivity index (χ1v) is 11.6. The molecule has 1 amide bonds. The number of anilines is 1. The van der Waals surface area contributed by atoms with Crippen molar-refractivity contribution >= 4 is 33.0 Å². The summed E-state index contributed by atoms with van der Waals surface area (Å²) in [4.78, 5) is 16.7. The molecular formula is C21H21N3O4S2. The highest BCUT2D eigenvalue weighted by Crippen LogP contribution is 2.18. The predicted molar refractivity (Wildman–Crippen MR) is 118 cm³/mol. The molecule has 0 fully saturated rings. The van der Waals surface area contributed by atoms with E-state index in [2.05, 4.69) is 21.6 Å². The van der Waals surface area contributed by atoms with Gasteiger partial charge in [-0.05, 0) is 35.9 Å². The van der Waals surface area contributed by atoms with Gasteiger partial charge in [0.1, 0.15) is 12.4 Å². The minimum atomic E-state index is -3.43. The average Bonchev–Trinajstić information content (AvgIpc) is 3.26. The standard InChI is InChI=1S/C21H21N3O4S2/c1-2-10-23-30(26,27)14-16-6-8-18(9-7-16)24-21(25)17-4-3-5-20(11-17)28-12-19-13-29-15-22-19/h2-9,11,13,15,23H,1,10,12,14H2,(H,24,25). The number of nitrogens with zero attached hydrogens (tertiary/aromatic N) is 1. The van der Waals surface area contributed by atoms with Crippen LogP contribution in [0.3, 0.4) is 0 Å². The van der Waals surface area contributed by atoms with E-state index in [9.17, 15) is 13.2 Å². The number of hydrogen-bond acceptors (Lipinski definition) is 6. The lowest BCUT2D eigenvalue weighted by molar-refractivity contribution is 0.102. The smallest absolute Gasteiger partial charge is 0.255 e. The monoisotopic (exact) mass is 443 g/mol. The van der Waals surface area contributed by atoms with Crippen LogP contribution >= 0.6 is 11.3 Å². The summed E-state index contributed by atoms with van der Waals surface area (Å²) in [6, 6.07) is 13.5. The van der Waals surface area contributed by atoms with Gasteiger partial charge in [0.2, 0.25) is 10.0 Å². The largest absolute Gasteiger partial charge is 0.487 e. The summed E-state index contributed by atoms with van der Waals surface area (Å²) in [5, 5.41) is 4.70. The molecule has 9 heteroatoms. The Hall–Kier alpha value is -3.01. The molecule has 0 aliphatic rings. The molecule has 0 aliphatic carbocycles. The molecule has 1 heterocycles. The fraction of sp³-hybridized carbons (Fsp3) is 0.143. The van der Waals surface area contributed by atoms with Crippen molar-refractivity contribution in [1.82, 2.24) is 9.71 Å². The van der Waals surface area contributed by atoms with Crippen molar-refractivity contribution in [2.24, 2.45) is 0 Å². The third-order valence-corrected chi connectivity index (χ3v) is 5.94. The molecule has 30 heavy (non-hydrogen) atoms. The maximum absolute atomic E-state index is 12.5. The Labute approximate surface area is 179 Å². The second-order valence-corrected chi connectivity index (χ2v) is 8.87. The Kier molecular flexibility index (Phi) is 7.34. The molecule has 0 aliphatic heterocycles. The van der Waals surface area contributed by atoms with Crippen molar-refractivity contribution in [2.45, 2.75) is 12.4 Å². The number of thiazole rings is 1. The van der Waals surface area contributed by atoms with E-state index >= 15 is 0 Å². The van der Waals surface area contributed by atoms with E-state index in [1.54, 1.807) is 54.0 Å². The number of ether oxygens (including phenoxy) is 1. The van der Waals surface area contributed by atoms with Crippen LogP contribution in [0.1, 0.15) is 21.6 Å². The van der Waals surface area contributed by atoms with Crippen molar-refractivity contribution in [3.63, 3.8) is 0 Å². The van der Waals surface area contributed by atoms with Crippen molar-refractivity contribution in [3.05, 3.63) is 88.9 Å². The van der Waals surface area contributed by atoms with Crippen LogP contribution < -0.4 is 14.8 Å². The Morgan fingerprint density at radius 2 is 2.00 bits per heavy atom. The second-order valence-electron chi connectivity index (χ2n) is 6.34. The topological polar surface area (TPSA) is 97.4 Å². The Morgan fingerprint density at radius 1 is 1.20 bits per heavy atom. The zero-order valence-corrected chi connectivity index (χ0v) is 17.7. The Bertz CT molecular complexity index is 1100. The van der Waals surface area contributed by atoms with Gasteiger partial charge in [-0.2, -0.15) is 0 Å². The molecule has 0 saturated heterocycles. The van der Waals surface area contributed by atoms with E-state index in [1.807, 2.05) is 5.38 Å². The Morgan fingerprint density at radius 3 is 2.70 bits per heavy atom. The number of rotatable bonds is 10. The predicted octanol–water partition coefficient (Wildman–Crippen LogP) is 3.58. The zero-order valence-electron chi connectivity index (χ0n) is 16.1. The lowest BCUT2D eigenvalue weighted by Gasteiger charge is -2.09. The SMILES string of the molecule is C=CCNS(=O)(=O)Cc1ccc(NC(=O)c2cccc(OCc3cscn3)c2)cc1. The number of nitrogens with one attached hydrogen (secondary N) is 2. The highest BCUT2D eigenvalue weighted by Gasteiger charge is 2.11. The van der Waals surface area contributed by atoms with Gasteiger partial charge >= 0.3 is 0 Å². The van der Waals surface area contributed by atoms with Gasteiger partial charge in [0.15, 0.2) is 0 Å². The molecule has 0 atom stereocenters. The number of benzene rings is 2. The molecule has 3 rings (SSSR count). The number of carbonyl (C=O) groups is 1. The number of sulfonamides is 1. The number of aromatic nitrogens is 1. The van der Waals surface area contributed by atoms with Gasteiger partial charge in [0, 0.05) is 23.2 Å². The third kappa shape index (κ3) is 6.51. The van der Waals surface area contributed by atoms with Gasteiger partial charge in [-0.25, -0.2) is 18.1 Å². The molecule has 0 spiro atoms. The molecule has 3 aromatic rings. The summed E-state index contributed by atoms with van der Waals surface area (Å²) >= 11 is 1.50.